The van der Waals surface area contributed by atoms with Gasteiger partial charge in [-0.05, 0) is 42.0 Å². The van der Waals surface area contributed by atoms with Crippen LogP contribution in [0.15, 0.2) is 47.6 Å². The number of halogens is 2. The summed E-state index contributed by atoms with van der Waals surface area (Å²) in [5.74, 6) is -1.61. The van der Waals surface area contributed by atoms with Crippen molar-refractivity contribution in [1.29, 1.82) is 0 Å². The highest BCUT2D eigenvalue weighted by Crippen LogP contribution is 2.21. The van der Waals surface area contributed by atoms with Gasteiger partial charge in [0.2, 0.25) is 11.1 Å². The normalized spacial score (nSPS) is 12.0. The van der Waals surface area contributed by atoms with Gasteiger partial charge >= 0.3 is 0 Å². The Balaban J connectivity index is 1.63. The first-order valence-electron chi connectivity index (χ1n) is 8.17. The van der Waals surface area contributed by atoms with Crippen LogP contribution < -0.4 is 5.32 Å². The van der Waals surface area contributed by atoms with Gasteiger partial charge in [-0.15, -0.1) is 5.10 Å². The number of hydrogen-bond acceptors (Lipinski definition) is 5. The van der Waals surface area contributed by atoms with Gasteiger partial charge in [0.25, 0.3) is 0 Å². The van der Waals surface area contributed by atoms with E-state index in [0.29, 0.717) is 5.16 Å². The second-order valence-corrected chi connectivity index (χ2v) is 6.85. The Morgan fingerprint density at radius 2 is 2.04 bits per heavy atom. The summed E-state index contributed by atoms with van der Waals surface area (Å²) in [5, 5.41) is 14.8. The number of hydrogen-bond donors (Lipinski definition) is 1. The molecule has 3 rings (SSSR count). The van der Waals surface area contributed by atoms with Crippen molar-refractivity contribution in [1.82, 2.24) is 25.5 Å². The average Bonchev–Trinajstić information content (AvgIpc) is 3.08. The van der Waals surface area contributed by atoms with Gasteiger partial charge < -0.3 is 5.32 Å². The summed E-state index contributed by atoms with van der Waals surface area (Å²) in [6.45, 7) is 3.58. The lowest BCUT2D eigenvalue weighted by Crippen LogP contribution is -2.28. The molecule has 1 amide bonds. The summed E-state index contributed by atoms with van der Waals surface area (Å²) in [7, 11) is 0. The van der Waals surface area contributed by atoms with Gasteiger partial charge in [0.15, 0.2) is 0 Å². The van der Waals surface area contributed by atoms with Gasteiger partial charge in [-0.3, -0.25) is 4.79 Å². The molecular formula is C18H17F2N5OS. The van der Waals surface area contributed by atoms with E-state index in [9.17, 15) is 13.6 Å². The molecule has 0 aliphatic heterocycles. The standard InChI is InChI=1S/C18H17F2N5OS/c1-11-5-3-4-6-16(11)25-18(22-23-24-25)27-10-17(26)21-12(2)14-8-7-13(19)9-15(14)20/h3-9,12H,10H2,1-2H3,(H,21,26)/t12-/m0/s1. The van der Waals surface area contributed by atoms with E-state index in [1.807, 2.05) is 31.2 Å². The van der Waals surface area contributed by atoms with Gasteiger partial charge in [-0.25, -0.2) is 8.78 Å². The van der Waals surface area contributed by atoms with Crippen molar-refractivity contribution >= 4 is 17.7 Å². The third kappa shape index (κ3) is 4.48. The van der Waals surface area contributed by atoms with Crippen molar-refractivity contribution in [3.63, 3.8) is 0 Å². The number of nitrogens with zero attached hydrogens (tertiary/aromatic N) is 4. The molecule has 0 unspecified atom stereocenters. The molecule has 0 radical (unpaired) electrons. The van der Waals surface area contributed by atoms with Crippen LogP contribution in [0.3, 0.4) is 0 Å². The third-order valence-electron chi connectivity index (χ3n) is 3.92. The maximum Gasteiger partial charge on any atom is 0.230 e. The zero-order valence-electron chi connectivity index (χ0n) is 14.7. The highest BCUT2D eigenvalue weighted by molar-refractivity contribution is 7.99. The first kappa shape index (κ1) is 19.0. The fourth-order valence-corrected chi connectivity index (χ4v) is 3.26. The van der Waals surface area contributed by atoms with Crippen LogP contribution in [0.2, 0.25) is 0 Å². The molecule has 0 aliphatic carbocycles. The summed E-state index contributed by atoms with van der Waals surface area (Å²) in [5.41, 5.74) is 2.04. The maximum atomic E-state index is 13.8. The van der Waals surface area contributed by atoms with Crippen molar-refractivity contribution in [3.05, 3.63) is 65.2 Å². The number of carbonyl (C=O) groups excluding carboxylic acids is 1. The topological polar surface area (TPSA) is 72.7 Å². The van der Waals surface area contributed by atoms with Crippen LogP contribution in [0.4, 0.5) is 8.78 Å². The van der Waals surface area contributed by atoms with Crippen molar-refractivity contribution in [3.8, 4) is 5.69 Å². The fourth-order valence-electron chi connectivity index (χ4n) is 2.56. The van der Waals surface area contributed by atoms with Gasteiger partial charge in [0.05, 0.1) is 17.5 Å². The molecule has 6 nitrogen and oxygen atoms in total. The number of amides is 1. The van der Waals surface area contributed by atoms with E-state index in [1.165, 1.54) is 17.8 Å². The monoisotopic (exact) mass is 389 g/mol. The number of aryl methyl sites for hydroxylation is 1. The number of benzene rings is 2. The lowest BCUT2D eigenvalue weighted by Gasteiger charge is -2.15. The number of carbonyl (C=O) groups is 1. The van der Waals surface area contributed by atoms with Crippen LogP contribution in [-0.4, -0.2) is 31.9 Å². The van der Waals surface area contributed by atoms with E-state index in [-0.39, 0.29) is 17.2 Å². The molecule has 0 saturated carbocycles. The average molecular weight is 389 g/mol. The van der Waals surface area contributed by atoms with Crippen LogP contribution in [0, 0.1) is 18.6 Å². The number of para-hydroxylation sites is 1. The SMILES string of the molecule is Cc1ccccc1-n1nnnc1SCC(=O)N[C@@H](C)c1ccc(F)cc1F. The number of aromatic nitrogens is 4. The smallest absolute Gasteiger partial charge is 0.230 e. The minimum absolute atomic E-state index is 0.0550. The highest BCUT2D eigenvalue weighted by atomic mass is 32.2. The molecule has 2 aromatic carbocycles. The van der Waals surface area contributed by atoms with E-state index >= 15 is 0 Å². The zero-order chi connectivity index (χ0) is 19.4. The van der Waals surface area contributed by atoms with Gasteiger partial charge in [0, 0.05) is 11.6 Å². The van der Waals surface area contributed by atoms with Crippen LogP contribution in [0.5, 0.6) is 0 Å². The number of tetrazole rings is 1. The molecule has 1 N–H and O–H groups in total. The third-order valence-corrected chi connectivity index (χ3v) is 4.84. The molecule has 1 aromatic heterocycles. The van der Waals surface area contributed by atoms with Gasteiger partial charge in [-0.2, -0.15) is 4.68 Å². The first-order chi connectivity index (χ1) is 13.0. The molecular weight excluding hydrogens is 372 g/mol. The summed E-state index contributed by atoms with van der Waals surface area (Å²) < 4.78 is 28.4. The summed E-state index contributed by atoms with van der Waals surface area (Å²) >= 11 is 1.17. The Hall–Kier alpha value is -2.81. The quantitative estimate of drug-likeness (QED) is 0.656. The van der Waals surface area contributed by atoms with Crippen molar-refractivity contribution in [2.45, 2.75) is 25.0 Å². The highest BCUT2D eigenvalue weighted by Gasteiger charge is 2.16. The molecule has 1 heterocycles. The van der Waals surface area contributed by atoms with E-state index in [4.69, 9.17) is 0 Å². The largest absolute Gasteiger partial charge is 0.349 e. The predicted molar refractivity (Wildman–Crippen MR) is 97.5 cm³/mol. The Bertz CT molecular complexity index is 962. The Labute approximate surface area is 159 Å². The zero-order valence-corrected chi connectivity index (χ0v) is 15.5. The summed E-state index contributed by atoms with van der Waals surface area (Å²) in [6, 6.07) is 10.3. The number of nitrogens with one attached hydrogen (secondary N) is 1. The Morgan fingerprint density at radius 3 is 2.78 bits per heavy atom. The van der Waals surface area contributed by atoms with E-state index < -0.39 is 17.7 Å². The van der Waals surface area contributed by atoms with E-state index in [1.54, 1.807) is 11.6 Å². The van der Waals surface area contributed by atoms with Crippen LogP contribution >= 0.6 is 11.8 Å². The molecule has 27 heavy (non-hydrogen) atoms. The minimum atomic E-state index is -0.695. The minimum Gasteiger partial charge on any atom is -0.349 e. The molecule has 3 aromatic rings. The first-order valence-corrected chi connectivity index (χ1v) is 9.15. The number of thioether (sulfide) groups is 1. The van der Waals surface area contributed by atoms with Crippen LogP contribution in [0.1, 0.15) is 24.1 Å². The predicted octanol–water partition coefficient (Wildman–Crippen LogP) is 3.22. The molecule has 0 fully saturated rings. The lowest BCUT2D eigenvalue weighted by atomic mass is 10.1. The summed E-state index contributed by atoms with van der Waals surface area (Å²) in [6.07, 6.45) is 0. The van der Waals surface area contributed by atoms with E-state index in [2.05, 4.69) is 20.8 Å². The second kappa shape index (κ2) is 8.26. The molecule has 9 heteroatoms. The Kier molecular flexibility index (Phi) is 5.80. The van der Waals surface area contributed by atoms with Gasteiger partial charge in [0.1, 0.15) is 11.6 Å². The number of rotatable bonds is 6. The lowest BCUT2D eigenvalue weighted by molar-refractivity contribution is -0.119. The molecule has 0 saturated heterocycles. The molecule has 0 spiro atoms. The van der Waals surface area contributed by atoms with Crippen molar-refractivity contribution in [2.24, 2.45) is 0 Å². The molecule has 0 aliphatic rings. The second-order valence-electron chi connectivity index (χ2n) is 5.90. The molecule has 140 valence electrons. The maximum absolute atomic E-state index is 13.8. The molecule has 1 atom stereocenters. The van der Waals surface area contributed by atoms with Crippen molar-refractivity contribution < 1.29 is 13.6 Å². The molecule has 0 bridgehead atoms. The summed E-state index contributed by atoms with van der Waals surface area (Å²) in [4.78, 5) is 12.2. The van der Waals surface area contributed by atoms with Gasteiger partial charge in [-0.1, -0.05) is 36.0 Å². The van der Waals surface area contributed by atoms with Crippen molar-refractivity contribution in [2.75, 3.05) is 5.75 Å². The fraction of sp³-hybridized carbons (Fsp3) is 0.222. The van der Waals surface area contributed by atoms with Crippen LogP contribution in [-0.2, 0) is 4.79 Å². The van der Waals surface area contributed by atoms with Crippen LogP contribution in [0.25, 0.3) is 5.69 Å². The Morgan fingerprint density at radius 1 is 1.26 bits per heavy atom. The van der Waals surface area contributed by atoms with E-state index in [0.717, 1.165) is 23.4 Å².